The van der Waals surface area contributed by atoms with Crippen LogP contribution >= 0.6 is 11.6 Å². The first-order valence-corrected chi connectivity index (χ1v) is 11.6. The van der Waals surface area contributed by atoms with E-state index in [1.165, 1.54) is 10.9 Å². The first kappa shape index (κ1) is 22.1. The van der Waals surface area contributed by atoms with Crippen LogP contribution in [0.4, 0.5) is 0 Å². The number of aromatic nitrogens is 5. The number of hydrogen-bond acceptors (Lipinski definition) is 6. The fourth-order valence-corrected chi connectivity index (χ4v) is 4.56. The van der Waals surface area contributed by atoms with Gasteiger partial charge in [0.15, 0.2) is 11.3 Å². The minimum Gasteiger partial charge on any atom is -0.497 e. The number of nitrogens with zero attached hydrogens (tertiary/aromatic N) is 5. The van der Waals surface area contributed by atoms with Crippen LogP contribution in [0, 0.1) is 0 Å². The summed E-state index contributed by atoms with van der Waals surface area (Å²) < 4.78 is 14.3. The summed E-state index contributed by atoms with van der Waals surface area (Å²) in [5, 5.41) is 0.959. The number of para-hydroxylation sites is 2. The average Bonchev–Trinajstić information content (AvgIpc) is 3.23. The van der Waals surface area contributed by atoms with Gasteiger partial charge < -0.3 is 9.47 Å². The van der Waals surface area contributed by atoms with Crippen molar-refractivity contribution in [3.05, 3.63) is 94.0 Å². The van der Waals surface area contributed by atoms with Gasteiger partial charge in [-0.15, -0.1) is 0 Å². The van der Waals surface area contributed by atoms with E-state index in [-0.39, 0.29) is 12.1 Å². The Labute approximate surface area is 210 Å². The lowest BCUT2D eigenvalue weighted by atomic mass is 10.2. The van der Waals surface area contributed by atoms with Crippen molar-refractivity contribution in [2.75, 3.05) is 14.2 Å². The maximum atomic E-state index is 13.8. The summed E-state index contributed by atoms with van der Waals surface area (Å²) in [6.07, 6.45) is 1.53. The average molecular weight is 498 g/mol. The standard InChI is InChI=1S/C27H20ClN5O3/c1-35-18-11-17(12-19(13-18)36-2)33-25-23(24-26(33)31-22-10-6-5-9-21(22)30-24)27(34)32(15-29-25)14-16-7-3-4-8-20(16)28/h3-13,15H,14H2,1-2H3. The summed E-state index contributed by atoms with van der Waals surface area (Å²) in [4.78, 5) is 28.3. The van der Waals surface area contributed by atoms with Crippen LogP contribution in [0.5, 0.6) is 11.5 Å². The smallest absolute Gasteiger partial charge is 0.265 e. The zero-order chi connectivity index (χ0) is 24.8. The van der Waals surface area contributed by atoms with Gasteiger partial charge >= 0.3 is 0 Å². The molecule has 8 nitrogen and oxygen atoms in total. The number of methoxy groups -OCH3 is 2. The van der Waals surface area contributed by atoms with Crippen LogP contribution in [-0.4, -0.2) is 38.3 Å². The molecule has 178 valence electrons. The van der Waals surface area contributed by atoms with Crippen LogP contribution < -0.4 is 15.0 Å². The summed E-state index contributed by atoms with van der Waals surface area (Å²) in [6.45, 7) is 0.280. The number of ether oxygens (including phenoxy) is 2. The van der Waals surface area contributed by atoms with Crippen molar-refractivity contribution >= 4 is 44.8 Å². The minimum absolute atomic E-state index is 0.233. The van der Waals surface area contributed by atoms with Gasteiger partial charge in [-0.05, 0) is 23.8 Å². The zero-order valence-corrected chi connectivity index (χ0v) is 20.2. The monoisotopic (exact) mass is 497 g/mol. The Morgan fingerprint density at radius 3 is 2.22 bits per heavy atom. The predicted octanol–water partition coefficient (Wildman–Crippen LogP) is 5.00. The van der Waals surface area contributed by atoms with Crippen molar-refractivity contribution in [1.82, 2.24) is 24.1 Å². The lowest BCUT2D eigenvalue weighted by molar-refractivity contribution is 0.394. The van der Waals surface area contributed by atoms with E-state index in [0.29, 0.717) is 55.4 Å². The molecule has 36 heavy (non-hydrogen) atoms. The van der Waals surface area contributed by atoms with E-state index >= 15 is 0 Å². The summed E-state index contributed by atoms with van der Waals surface area (Å²) in [7, 11) is 3.17. The van der Waals surface area contributed by atoms with Crippen LogP contribution in [0.2, 0.25) is 5.02 Å². The van der Waals surface area contributed by atoms with Gasteiger partial charge in [-0.1, -0.05) is 41.9 Å². The maximum Gasteiger partial charge on any atom is 0.265 e. The second-order valence-corrected chi connectivity index (χ2v) is 8.67. The predicted molar refractivity (Wildman–Crippen MR) is 140 cm³/mol. The SMILES string of the molecule is COc1cc(OC)cc(-n2c3nc4ccccc4nc3c3c(=O)n(Cc4ccccc4Cl)cnc32)c1. The zero-order valence-electron chi connectivity index (χ0n) is 19.5. The van der Waals surface area contributed by atoms with Crippen LogP contribution in [0.3, 0.4) is 0 Å². The van der Waals surface area contributed by atoms with Crippen molar-refractivity contribution in [1.29, 1.82) is 0 Å². The van der Waals surface area contributed by atoms with E-state index in [9.17, 15) is 4.79 Å². The lowest BCUT2D eigenvalue weighted by Gasteiger charge is -2.11. The molecule has 0 saturated carbocycles. The second-order valence-electron chi connectivity index (χ2n) is 8.26. The Balaban J connectivity index is 1.69. The maximum absolute atomic E-state index is 13.8. The molecule has 0 N–H and O–H groups in total. The van der Waals surface area contributed by atoms with Crippen molar-refractivity contribution in [2.24, 2.45) is 0 Å². The number of benzene rings is 3. The third-order valence-electron chi connectivity index (χ3n) is 6.12. The van der Waals surface area contributed by atoms with Gasteiger partial charge in [-0.2, -0.15) is 0 Å². The molecular weight excluding hydrogens is 478 g/mol. The normalized spacial score (nSPS) is 11.4. The molecule has 0 saturated heterocycles. The van der Waals surface area contributed by atoms with Crippen LogP contribution in [-0.2, 0) is 6.54 Å². The van der Waals surface area contributed by atoms with Crippen molar-refractivity contribution in [3.63, 3.8) is 0 Å². The molecule has 3 aromatic heterocycles. The Morgan fingerprint density at radius 1 is 0.861 bits per heavy atom. The first-order valence-electron chi connectivity index (χ1n) is 11.2. The summed E-state index contributed by atoms with van der Waals surface area (Å²) >= 11 is 6.36. The molecule has 0 aliphatic carbocycles. The molecular formula is C27H20ClN5O3. The van der Waals surface area contributed by atoms with Crippen LogP contribution in [0.1, 0.15) is 5.56 Å². The molecule has 9 heteroatoms. The van der Waals surface area contributed by atoms with Crippen LogP contribution in [0.15, 0.2) is 77.9 Å². The molecule has 0 fully saturated rings. The summed E-state index contributed by atoms with van der Waals surface area (Å²) in [5.41, 5.74) is 4.09. The van der Waals surface area contributed by atoms with Gasteiger partial charge in [0.2, 0.25) is 0 Å². The Bertz CT molecular complexity index is 1820. The second kappa shape index (κ2) is 8.66. The molecule has 0 spiro atoms. The summed E-state index contributed by atoms with van der Waals surface area (Å²) in [5.74, 6) is 1.19. The molecule has 0 aliphatic rings. The fourth-order valence-electron chi connectivity index (χ4n) is 4.36. The Hall–Kier alpha value is -4.43. The number of hydrogen-bond donors (Lipinski definition) is 0. The van der Waals surface area contributed by atoms with E-state index in [4.69, 9.17) is 36.0 Å². The first-order chi connectivity index (χ1) is 17.6. The van der Waals surface area contributed by atoms with E-state index in [2.05, 4.69) is 0 Å². The highest BCUT2D eigenvalue weighted by Crippen LogP contribution is 2.32. The minimum atomic E-state index is -0.233. The number of halogens is 1. The molecule has 6 aromatic rings. The molecule has 0 unspecified atom stereocenters. The molecule has 6 rings (SSSR count). The number of fused-ring (bicyclic) bond motifs is 4. The highest BCUT2D eigenvalue weighted by Gasteiger charge is 2.22. The quantitative estimate of drug-likeness (QED) is 0.333. The highest BCUT2D eigenvalue weighted by atomic mass is 35.5. The largest absolute Gasteiger partial charge is 0.497 e. The van der Waals surface area contributed by atoms with Gasteiger partial charge in [0.1, 0.15) is 28.7 Å². The molecule has 0 amide bonds. The van der Waals surface area contributed by atoms with E-state index in [0.717, 1.165) is 5.56 Å². The van der Waals surface area contributed by atoms with E-state index in [1.54, 1.807) is 26.4 Å². The Morgan fingerprint density at radius 2 is 1.53 bits per heavy atom. The highest BCUT2D eigenvalue weighted by molar-refractivity contribution is 6.31. The molecule has 3 heterocycles. The third kappa shape index (κ3) is 3.54. The number of rotatable bonds is 5. The molecule has 0 bridgehead atoms. The fraction of sp³-hybridized carbons (Fsp3) is 0.111. The molecule has 0 atom stereocenters. The molecule has 0 aliphatic heterocycles. The van der Waals surface area contributed by atoms with E-state index < -0.39 is 0 Å². The molecule has 3 aromatic carbocycles. The van der Waals surface area contributed by atoms with Crippen molar-refractivity contribution in [2.45, 2.75) is 6.54 Å². The topological polar surface area (TPSA) is 84.1 Å². The summed E-state index contributed by atoms with van der Waals surface area (Å²) in [6, 6.07) is 20.4. The van der Waals surface area contributed by atoms with Gasteiger partial charge in [0.05, 0.1) is 37.5 Å². The van der Waals surface area contributed by atoms with Gasteiger partial charge in [-0.25, -0.2) is 15.0 Å². The lowest BCUT2D eigenvalue weighted by Crippen LogP contribution is -2.21. The Kier molecular flexibility index (Phi) is 5.30. The van der Waals surface area contributed by atoms with Crippen LogP contribution in [0.25, 0.3) is 38.9 Å². The molecule has 0 radical (unpaired) electrons. The van der Waals surface area contributed by atoms with Gasteiger partial charge in [0, 0.05) is 23.2 Å². The van der Waals surface area contributed by atoms with Gasteiger partial charge in [0.25, 0.3) is 5.56 Å². The third-order valence-corrected chi connectivity index (χ3v) is 6.49. The van der Waals surface area contributed by atoms with E-state index in [1.807, 2.05) is 59.2 Å². The van der Waals surface area contributed by atoms with Crippen molar-refractivity contribution in [3.8, 4) is 17.2 Å². The van der Waals surface area contributed by atoms with Crippen molar-refractivity contribution < 1.29 is 9.47 Å². The van der Waals surface area contributed by atoms with Gasteiger partial charge in [-0.3, -0.25) is 13.9 Å².